The zero-order chi connectivity index (χ0) is 17.7. The maximum Gasteiger partial charge on any atom is 0.412 e. The van der Waals surface area contributed by atoms with Crippen LogP contribution in [0.2, 0.25) is 0 Å². The van der Waals surface area contributed by atoms with Crippen molar-refractivity contribution in [2.45, 2.75) is 77.5 Å². The van der Waals surface area contributed by atoms with E-state index in [-0.39, 0.29) is 6.42 Å². The first-order chi connectivity index (χ1) is 10.6. The fraction of sp³-hybridized carbons (Fsp3) is 0.765. The monoisotopic (exact) mass is 327 g/mol. The molecule has 2 atom stereocenters. The number of amides is 1. The van der Waals surface area contributed by atoms with Gasteiger partial charge in [0.05, 0.1) is 0 Å². The number of aliphatic carboxylic acids is 1. The van der Waals surface area contributed by atoms with Gasteiger partial charge in [0.15, 0.2) is 11.3 Å². The molecule has 0 aromatic heterocycles. The highest BCUT2D eigenvalue weighted by Gasteiger charge is 2.58. The Labute approximate surface area is 138 Å². The van der Waals surface area contributed by atoms with E-state index in [1.807, 2.05) is 13.8 Å². The van der Waals surface area contributed by atoms with Crippen molar-refractivity contribution in [1.82, 2.24) is 4.90 Å². The van der Waals surface area contributed by atoms with Gasteiger partial charge in [-0.3, -0.25) is 9.69 Å². The predicted octanol–water partition coefficient (Wildman–Crippen LogP) is 3.30. The third-order valence-corrected chi connectivity index (χ3v) is 4.51. The van der Waals surface area contributed by atoms with Crippen molar-refractivity contribution < 1.29 is 24.5 Å². The molecule has 0 saturated carbocycles. The average Bonchev–Trinajstić information content (AvgIpc) is 2.56. The summed E-state index contributed by atoms with van der Waals surface area (Å²) in [4.78, 5) is 23.9. The van der Waals surface area contributed by atoms with Crippen molar-refractivity contribution >= 4 is 12.1 Å². The molecule has 6 heteroatoms. The fourth-order valence-electron chi connectivity index (χ4n) is 2.76. The molecule has 0 aromatic rings. The van der Waals surface area contributed by atoms with Crippen LogP contribution in [0.15, 0.2) is 11.6 Å². The number of allylic oxidation sites excluding steroid dienone is 2. The average molecular weight is 327 g/mol. The number of carbonyl (C=O) groups is 2. The molecule has 132 valence electrons. The van der Waals surface area contributed by atoms with Gasteiger partial charge >= 0.3 is 12.1 Å². The molecule has 0 spiro atoms. The fourth-order valence-corrected chi connectivity index (χ4v) is 2.76. The molecule has 23 heavy (non-hydrogen) atoms. The van der Waals surface area contributed by atoms with Crippen molar-refractivity contribution in [3.63, 3.8) is 0 Å². The SMILES string of the molecule is CC(C)=CCC[C@]1(C)OC(=O)N(CCCCCC(=O)O)[C@]1(C)O. The van der Waals surface area contributed by atoms with Crippen molar-refractivity contribution in [3.8, 4) is 0 Å². The third kappa shape index (κ3) is 4.96. The zero-order valence-electron chi connectivity index (χ0n) is 14.6. The molecule has 1 fully saturated rings. The van der Waals surface area contributed by atoms with Crippen LogP contribution >= 0.6 is 0 Å². The first kappa shape index (κ1) is 19.5. The Morgan fingerprint density at radius 2 is 1.91 bits per heavy atom. The van der Waals surface area contributed by atoms with Crippen LogP contribution in [0.1, 0.15) is 66.2 Å². The van der Waals surface area contributed by atoms with Gasteiger partial charge in [-0.05, 0) is 53.4 Å². The predicted molar refractivity (Wildman–Crippen MR) is 87.0 cm³/mol. The number of carboxylic acids is 1. The van der Waals surface area contributed by atoms with Gasteiger partial charge in [-0.2, -0.15) is 0 Å². The number of nitrogens with zero attached hydrogens (tertiary/aromatic N) is 1. The Morgan fingerprint density at radius 1 is 1.26 bits per heavy atom. The molecule has 1 rings (SSSR count). The molecular weight excluding hydrogens is 298 g/mol. The molecule has 1 amide bonds. The van der Waals surface area contributed by atoms with Crippen LogP contribution in [-0.4, -0.2) is 45.0 Å². The van der Waals surface area contributed by atoms with Crippen LogP contribution in [0, 0.1) is 0 Å². The summed E-state index contributed by atoms with van der Waals surface area (Å²) in [6, 6.07) is 0. The van der Waals surface area contributed by atoms with E-state index in [4.69, 9.17) is 9.84 Å². The lowest BCUT2D eigenvalue weighted by Gasteiger charge is -2.37. The lowest BCUT2D eigenvalue weighted by Crippen LogP contribution is -2.55. The minimum Gasteiger partial charge on any atom is -0.481 e. The number of rotatable bonds is 9. The van der Waals surface area contributed by atoms with Crippen LogP contribution in [0.4, 0.5) is 4.79 Å². The summed E-state index contributed by atoms with van der Waals surface area (Å²) in [6.07, 6.45) is 4.86. The normalized spacial score (nSPS) is 27.0. The maximum absolute atomic E-state index is 12.1. The quantitative estimate of drug-likeness (QED) is 0.501. The number of carboxylic acid groups (broad SMARTS) is 1. The first-order valence-corrected chi connectivity index (χ1v) is 8.18. The number of ether oxygens (including phenoxy) is 1. The Morgan fingerprint density at radius 3 is 2.48 bits per heavy atom. The summed E-state index contributed by atoms with van der Waals surface area (Å²) in [6.45, 7) is 7.74. The van der Waals surface area contributed by atoms with Gasteiger partial charge in [-0.25, -0.2) is 4.79 Å². The number of carbonyl (C=O) groups excluding carboxylic acids is 1. The van der Waals surface area contributed by atoms with E-state index < -0.39 is 23.4 Å². The van der Waals surface area contributed by atoms with E-state index >= 15 is 0 Å². The summed E-state index contributed by atoms with van der Waals surface area (Å²) >= 11 is 0. The Balaban J connectivity index is 2.59. The molecule has 0 unspecified atom stereocenters. The highest BCUT2D eigenvalue weighted by molar-refractivity contribution is 5.72. The second-order valence-corrected chi connectivity index (χ2v) is 6.80. The van der Waals surface area contributed by atoms with Crippen LogP contribution < -0.4 is 0 Å². The summed E-state index contributed by atoms with van der Waals surface area (Å²) < 4.78 is 5.47. The van der Waals surface area contributed by atoms with E-state index in [1.165, 1.54) is 10.5 Å². The standard InChI is InChI=1S/C17H29NO5/c1-13(2)9-8-11-16(3)17(4,22)18(15(21)23-16)12-7-5-6-10-14(19)20/h9,22H,5-8,10-12H2,1-4H3,(H,19,20)/t16-,17+/m0/s1. The van der Waals surface area contributed by atoms with Gasteiger partial charge in [0.25, 0.3) is 0 Å². The molecule has 6 nitrogen and oxygen atoms in total. The molecule has 2 N–H and O–H groups in total. The van der Waals surface area contributed by atoms with Crippen LogP contribution in [0.3, 0.4) is 0 Å². The van der Waals surface area contributed by atoms with Gasteiger partial charge in [0.2, 0.25) is 0 Å². The van der Waals surface area contributed by atoms with Gasteiger partial charge in [0, 0.05) is 13.0 Å². The van der Waals surface area contributed by atoms with E-state index in [9.17, 15) is 14.7 Å². The second kappa shape index (κ2) is 7.81. The lowest BCUT2D eigenvalue weighted by molar-refractivity contribution is -0.139. The van der Waals surface area contributed by atoms with E-state index in [1.54, 1.807) is 13.8 Å². The van der Waals surface area contributed by atoms with Crippen LogP contribution in [0.5, 0.6) is 0 Å². The highest BCUT2D eigenvalue weighted by Crippen LogP contribution is 2.40. The summed E-state index contributed by atoms with van der Waals surface area (Å²) in [5.74, 6) is -0.815. The number of unbranched alkanes of at least 4 members (excludes halogenated alkanes) is 2. The van der Waals surface area contributed by atoms with Gasteiger partial charge in [-0.15, -0.1) is 0 Å². The zero-order valence-corrected chi connectivity index (χ0v) is 14.6. The molecule has 1 heterocycles. The van der Waals surface area contributed by atoms with Crippen LogP contribution in [0.25, 0.3) is 0 Å². The van der Waals surface area contributed by atoms with Gasteiger partial charge < -0.3 is 14.9 Å². The van der Waals surface area contributed by atoms with Gasteiger partial charge in [-0.1, -0.05) is 18.1 Å². The molecule has 0 aliphatic carbocycles. The largest absolute Gasteiger partial charge is 0.481 e. The molecule has 0 aromatic carbocycles. The number of hydrogen-bond acceptors (Lipinski definition) is 4. The Kier molecular flexibility index (Phi) is 6.62. The minimum atomic E-state index is -1.37. The number of cyclic esters (lactones) is 1. The topological polar surface area (TPSA) is 87.1 Å². The van der Waals surface area contributed by atoms with E-state index in [0.717, 1.165) is 6.42 Å². The summed E-state index contributed by atoms with van der Waals surface area (Å²) in [7, 11) is 0. The molecule has 0 bridgehead atoms. The lowest BCUT2D eigenvalue weighted by atomic mass is 9.88. The number of aliphatic hydroxyl groups is 1. The maximum atomic E-state index is 12.1. The highest BCUT2D eigenvalue weighted by atomic mass is 16.6. The summed E-state index contributed by atoms with van der Waals surface area (Å²) in [5.41, 5.74) is -1.13. The smallest absolute Gasteiger partial charge is 0.412 e. The molecule has 1 aliphatic heterocycles. The van der Waals surface area contributed by atoms with Crippen molar-refractivity contribution in [2.75, 3.05) is 6.54 Å². The molecule has 1 saturated heterocycles. The molecule has 0 radical (unpaired) electrons. The van der Waals surface area contributed by atoms with Crippen molar-refractivity contribution in [2.24, 2.45) is 0 Å². The molecule has 1 aliphatic rings. The Bertz CT molecular complexity index is 468. The van der Waals surface area contributed by atoms with E-state index in [2.05, 4.69) is 6.08 Å². The summed E-state index contributed by atoms with van der Waals surface area (Å²) in [5, 5.41) is 19.4. The van der Waals surface area contributed by atoms with Crippen LogP contribution in [-0.2, 0) is 9.53 Å². The van der Waals surface area contributed by atoms with Crippen molar-refractivity contribution in [1.29, 1.82) is 0 Å². The first-order valence-electron chi connectivity index (χ1n) is 8.18. The van der Waals surface area contributed by atoms with Crippen molar-refractivity contribution in [3.05, 3.63) is 11.6 Å². The van der Waals surface area contributed by atoms with E-state index in [0.29, 0.717) is 32.2 Å². The Hall–Kier alpha value is -1.56. The second-order valence-electron chi connectivity index (χ2n) is 6.80. The third-order valence-electron chi connectivity index (χ3n) is 4.51. The molecular formula is C17H29NO5. The minimum absolute atomic E-state index is 0.126. The van der Waals surface area contributed by atoms with Gasteiger partial charge in [0.1, 0.15) is 0 Å². The number of hydrogen-bond donors (Lipinski definition) is 2.